The molecule has 1 aliphatic heterocycles. The molecule has 3 aromatic carbocycles. The molecule has 9 nitrogen and oxygen atoms in total. The van der Waals surface area contributed by atoms with Crippen LogP contribution in [0.25, 0.3) is 10.8 Å². The molecule has 1 aliphatic rings. The highest BCUT2D eigenvalue weighted by molar-refractivity contribution is 7.92. The van der Waals surface area contributed by atoms with Gasteiger partial charge in [0.15, 0.2) is 5.75 Å². The number of Topliss-reactive ketones (excluding diaryl/α,β-unsaturated/α-hetero) is 1. The van der Waals surface area contributed by atoms with E-state index in [1.165, 1.54) is 26.4 Å². The Balaban J connectivity index is 1.55. The molecule has 0 saturated carbocycles. The quantitative estimate of drug-likeness (QED) is 0.293. The molecule has 0 bridgehead atoms. The van der Waals surface area contributed by atoms with Crippen molar-refractivity contribution in [1.29, 1.82) is 0 Å². The van der Waals surface area contributed by atoms with Gasteiger partial charge >= 0.3 is 0 Å². The molecule has 0 aromatic heterocycles. The first kappa shape index (κ1) is 27.4. The lowest BCUT2D eigenvalue weighted by molar-refractivity contribution is -0.112. The van der Waals surface area contributed by atoms with Crippen LogP contribution in [0.2, 0.25) is 0 Å². The van der Waals surface area contributed by atoms with Gasteiger partial charge in [-0.3, -0.25) is 19.2 Å². The largest absolute Gasteiger partial charge is 0.492 e. The molecular weight excluding hydrogens is 506 g/mol. The standard InChI is InChI=1S/C28H33N3O6S/c1-19-17-23(27(36-2)24(18-19)30-38(3,34)35)29-28(33)26(32)22-11-12-25(21-10-6-5-9-20(21)22)37-16-15-31-13-7-4-8-14-31/h5-6,9-12,17-18,30H,4,7-8,13-16H2,1-3H3,(H,29,33). The van der Waals surface area contributed by atoms with Gasteiger partial charge in [-0.1, -0.05) is 30.7 Å². The average molecular weight is 540 g/mol. The minimum absolute atomic E-state index is 0.101. The first-order valence-corrected chi connectivity index (χ1v) is 14.4. The number of nitrogens with one attached hydrogen (secondary N) is 2. The Morgan fingerprint density at radius 3 is 2.34 bits per heavy atom. The summed E-state index contributed by atoms with van der Waals surface area (Å²) in [5.74, 6) is -0.846. The van der Waals surface area contributed by atoms with Gasteiger partial charge in [0.1, 0.15) is 12.4 Å². The molecular formula is C28H33N3O6S. The maximum atomic E-state index is 13.3. The van der Waals surface area contributed by atoms with Crippen LogP contribution >= 0.6 is 0 Å². The van der Waals surface area contributed by atoms with Crippen molar-refractivity contribution in [1.82, 2.24) is 4.90 Å². The van der Waals surface area contributed by atoms with Crippen molar-refractivity contribution in [2.75, 3.05) is 49.6 Å². The number of likely N-dealkylation sites (tertiary alicyclic amines) is 1. The Morgan fingerprint density at radius 1 is 0.974 bits per heavy atom. The van der Waals surface area contributed by atoms with Crippen molar-refractivity contribution in [3.8, 4) is 11.5 Å². The topological polar surface area (TPSA) is 114 Å². The van der Waals surface area contributed by atoms with Gasteiger partial charge in [-0.2, -0.15) is 0 Å². The monoisotopic (exact) mass is 539 g/mol. The summed E-state index contributed by atoms with van der Waals surface area (Å²) < 4.78 is 37.4. The zero-order valence-corrected chi connectivity index (χ0v) is 22.7. The van der Waals surface area contributed by atoms with Gasteiger partial charge in [0.25, 0.3) is 11.7 Å². The Labute approximate surface area is 223 Å². The first-order valence-electron chi connectivity index (χ1n) is 12.6. The Kier molecular flexibility index (Phi) is 8.53. The van der Waals surface area contributed by atoms with E-state index < -0.39 is 21.7 Å². The molecule has 1 heterocycles. The van der Waals surface area contributed by atoms with Crippen molar-refractivity contribution < 1.29 is 27.5 Å². The fourth-order valence-corrected chi connectivity index (χ4v) is 5.28. The Hall–Kier alpha value is -3.63. The van der Waals surface area contributed by atoms with E-state index in [0.717, 1.165) is 31.3 Å². The fraction of sp³-hybridized carbons (Fsp3) is 0.357. The number of piperidine rings is 1. The summed E-state index contributed by atoms with van der Waals surface area (Å²) in [6.07, 6.45) is 4.72. The molecule has 0 radical (unpaired) electrons. The molecule has 0 unspecified atom stereocenters. The van der Waals surface area contributed by atoms with Crippen LogP contribution in [0.5, 0.6) is 11.5 Å². The third-order valence-electron chi connectivity index (χ3n) is 6.43. The number of rotatable bonds is 10. The van der Waals surface area contributed by atoms with Crippen molar-refractivity contribution >= 4 is 43.9 Å². The predicted molar refractivity (Wildman–Crippen MR) is 149 cm³/mol. The molecule has 0 spiro atoms. The van der Waals surface area contributed by atoms with Gasteiger partial charge in [-0.05, 0) is 68.1 Å². The average Bonchev–Trinajstić information content (AvgIpc) is 2.88. The number of methoxy groups -OCH3 is 1. The zero-order valence-electron chi connectivity index (χ0n) is 21.9. The molecule has 4 rings (SSSR count). The van der Waals surface area contributed by atoms with Gasteiger partial charge in [0.05, 0.1) is 24.7 Å². The Morgan fingerprint density at radius 2 is 1.66 bits per heavy atom. The van der Waals surface area contributed by atoms with Gasteiger partial charge < -0.3 is 14.8 Å². The molecule has 3 aromatic rings. The number of carbonyl (C=O) groups is 2. The number of nitrogens with zero attached hydrogens (tertiary/aromatic N) is 1. The number of aryl methyl sites for hydroxylation is 1. The van der Waals surface area contributed by atoms with E-state index in [-0.39, 0.29) is 22.7 Å². The van der Waals surface area contributed by atoms with E-state index in [4.69, 9.17) is 9.47 Å². The molecule has 10 heteroatoms. The van der Waals surface area contributed by atoms with Crippen LogP contribution in [0, 0.1) is 6.92 Å². The molecule has 202 valence electrons. The molecule has 1 saturated heterocycles. The number of sulfonamides is 1. The summed E-state index contributed by atoms with van der Waals surface area (Å²) in [7, 11) is -2.24. The molecule has 38 heavy (non-hydrogen) atoms. The number of ether oxygens (including phenoxy) is 2. The summed E-state index contributed by atoms with van der Waals surface area (Å²) in [5.41, 5.74) is 1.24. The third-order valence-corrected chi connectivity index (χ3v) is 7.02. The van der Waals surface area contributed by atoms with Gasteiger partial charge in [-0.25, -0.2) is 8.42 Å². The molecule has 2 N–H and O–H groups in total. The number of benzene rings is 3. The number of hydrogen-bond acceptors (Lipinski definition) is 7. The first-order chi connectivity index (χ1) is 18.2. The van der Waals surface area contributed by atoms with Crippen LogP contribution in [0.1, 0.15) is 35.2 Å². The van der Waals surface area contributed by atoms with Crippen molar-refractivity contribution in [3.63, 3.8) is 0 Å². The molecule has 0 aliphatic carbocycles. The number of carbonyl (C=O) groups excluding carboxylic acids is 2. The minimum atomic E-state index is -3.60. The summed E-state index contributed by atoms with van der Waals surface area (Å²) in [6.45, 7) is 5.29. The Bertz CT molecular complexity index is 1450. The second-order valence-corrected chi connectivity index (χ2v) is 11.2. The summed E-state index contributed by atoms with van der Waals surface area (Å²) >= 11 is 0. The highest BCUT2D eigenvalue weighted by atomic mass is 32.2. The number of hydrogen-bond donors (Lipinski definition) is 2. The highest BCUT2D eigenvalue weighted by Crippen LogP contribution is 2.36. The predicted octanol–water partition coefficient (Wildman–Crippen LogP) is 4.21. The van der Waals surface area contributed by atoms with Crippen LogP contribution in [0.4, 0.5) is 11.4 Å². The molecule has 1 fully saturated rings. The van der Waals surface area contributed by atoms with Crippen LogP contribution in [0.3, 0.4) is 0 Å². The minimum Gasteiger partial charge on any atom is -0.492 e. The normalized spacial score (nSPS) is 14.2. The van der Waals surface area contributed by atoms with Crippen molar-refractivity contribution in [2.45, 2.75) is 26.2 Å². The maximum absolute atomic E-state index is 13.3. The van der Waals surface area contributed by atoms with Gasteiger partial charge in [0.2, 0.25) is 10.0 Å². The second-order valence-electron chi connectivity index (χ2n) is 9.46. The smallest absolute Gasteiger partial charge is 0.296 e. The lowest BCUT2D eigenvalue weighted by Crippen LogP contribution is -2.33. The lowest BCUT2D eigenvalue weighted by atomic mass is 10.00. The SMILES string of the molecule is COc1c(NC(=O)C(=O)c2ccc(OCCN3CCCCC3)c3ccccc23)cc(C)cc1NS(C)(=O)=O. The third kappa shape index (κ3) is 6.62. The van der Waals surface area contributed by atoms with E-state index in [1.807, 2.05) is 12.1 Å². The van der Waals surface area contributed by atoms with Crippen LogP contribution in [-0.4, -0.2) is 64.6 Å². The van der Waals surface area contributed by atoms with Crippen LogP contribution in [-0.2, 0) is 14.8 Å². The van der Waals surface area contributed by atoms with Crippen molar-refractivity contribution in [3.05, 3.63) is 59.7 Å². The van der Waals surface area contributed by atoms with E-state index in [9.17, 15) is 18.0 Å². The van der Waals surface area contributed by atoms with E-state index in [2.05, 4.69) is 14.9 Å². The summed E-state index contributed by atoms with van der Waals surface area (Å²) in [4.78, 5) is 28.7. The summed E-state index contributed by atoms with van der Waals surface area (Å²) in [6, 6.07) is 13.8. The van der Waals surface area contributed by atoms with Crippen LogP contribution < -0.4 is 19.5 Å². The summed E-state index contributed by atoms with van der Waals surface area (Å²) in [5, 5.41) is 3.95. The second kappa shape index (κ2) is 11.8. The number of amides is 1. The van der Waals surface area contributed by atoms with E-state index in [0.29, 0.717) is 23.3 Å². The molecule has 1 amide bonds. The van der Waals surface area contributed by atoms with Gasteiger partial charge in [-0.15, -0.1) is 0 Å². The fourth-order valence-electron chi connectivity index (χ4n) is 4.73. The van der Waals surface area contributed by atoms with Crippen molar-refractivity contribution in [2.24, 2.45) is 0 Å². The van der Waals surface area contributed by atoms with Gasteiger partial charge in [0, 0.05) is 17.5 Å². The number of fused-ring (bicyclic) bond motifs is 1. The lowest BCUT2D eigenvalue weighted by Gasteiger charge is -2.26. The number of anilines is 2. The van der Waals surface area contributed by atoms with E-state index >= 15 is 0 Å². The van der Waals surface area contributed by atoms with Crippen LogP contribution in [0.15, 0.2) is 48.5 Å². The maximum Gasteiger partial charge on any atom is 0.296 e. The zero-order chi connectivity index (χ0) is 27.3. The molecule has 0 atom stereocenters. The highest BCUT2D eigenvalue weighted by Gasteiger charge is 2.23. The van der Waals surface area contributed by atoms with E-state index in [1.54, 1.807) is 43.3 Å². The number of ketones is 1.